The topological polar surface area (TPSA) is 83.8 Å². The van der Waals surface area contributed by atoms with Crippen LogP contribution < -0.4 is 9.50 Å². The van der Waals surface area contributed by atoms with Crippen molar-refractivity contribution in [1.82, 2.24) is 0 Å². The van der Waals surface area contributed by atoms with Crippen molar-refractivity contribution in [2.45, 2.75) is 0 Å². The van der Waals surface area contributed by atoms with Crippen LogP contribution in [0.1, 0.15) is 0 Å². The van der Waals surface area contributed by atoms with E-state index in [4.69, 9.17) is 19.2 Å². The molecule has 4 nitrogen and oxygen atoms in total. The average Bonchev–Trinajstić information content (AvgIpc) is 0.722. The zero-order valence-electron chi connectivity index (χ0n) is 3.33. The summed E-state index contributed by atoms with van der Waals surface area (Å²) in [5.74, 6) is 0. The van der Waals surface area contributed by atoms with Crippen LogP contribution in [0, 0.1) is 0 Å². The first-order valence-corrected chi connectivity index (χ1v) is 2.62. The molecule has 0 aliphatic heterocycles. The Labute approximate surface area is 77.5 Å². The molecule has 0 aliphatic carbocycles. The predicted octanol–water partition coefficient (Wildman–Crippen LogP) is -6.62. The molecule has 0 aromatic heterocycles. The van der Waals surface area contributed by atoms with E-state index < -0.39 is 9.05 Å². The van der Waals surface area contributed by atoms with Gasteiger partial charge in [0.2, 0.25) is 0 Å². The first-order valence-electron chi connectivity index (χ1n) is 0.875. The van der Waals surface area contributed by atoms with Crippen LogP contribution in [0.15, 0.2) is 0 Å². The summed E-state index contributed by atoms with van der Waals surface area (Å²) in [5, 5.41) is 0. The molecule has 0 saturated carbocycles. The van der Waals surface area contributed by atoms with Crippen molar-refractivity contribution in [3.63, 3.8) is 0 Å². The molecule has 0 aliphatic rings. The monoisotopic (exact) mass is 202 g/mol. The summed E-state index contributed by atoms with van der Waals surface area (Å²) in [6.45, 7) is 0. The molecule has 0 spiro atoms. The number of halogens is 1. The fourth-order valence-electron chi connectivity index (χ4n) is 0. The molecule has 0 aromatic rings. The van der Waals surface area contributed by atoms with Gasteiger partial charge in [0.25, 0.3) is 0 Å². The Kier molecular flexibility index (Phi) is 12.6. The van der Waals surface area contributed by atoms with Crippen molar-refractivity contribution < 1.29 is 23.9 Å². The van der Waals surface area contributed by atoms with Gasteiger partial charge in [0.15, 0.2) is 0 Å². The van der Waals surface area contributed by atoms with Crippen LogP contribution >= 0.6 is 0 Å². The van der Waals surface area contributed by atoms with E-state index in [2.05, 4.69) is 0 Å². The first-order chi connectivity index (χ1) is 2.00. The van der Waals surface area contributed by atoms with E-state index in [9.17, 15) is 0 Å². The Bertz CT molecular complexity index is 27.2. The summed E-state index contributed by atoms with van der Waals surface area (Å²) >= 11 is 0. The van der Waals surface area contributed by atoms with Crippen LogP contribution in [-0.4, -0.2) is 68.9 Å². The van der Waals surface area contributed by atoms with E-state index in [1.54, 1.807) is 0 Å². The van der Waals surface area contributed by atoms with Crippen LogP contribution in [0.3, 0.4) is 0 Å². The Hall–Kier alpha value is 1.47. The van der Waals surface area contributed by atoms with E-state index in [-0.39, 0.29) is 50.2 Å². The molecular formula is H3FO4SiSr. The molecular weight excluding hydrogens is 199 g/mol. The second-order valence-electron chi connectivity index (χ2n) is 0.574. The smallest absolute Gasteiger partial charge is 1.00 e. The van der Waals surface area contributed by atoms with Crippen LogP contribution in [0.4, 0.5) is 0 Å². The summed E-state index contributed by atoms with van der Waals surface area (Å²) in [6, 6.07) is 0. The minimum atomic E-state index is -4.86. The van der Waals surface area contributed by atoms with Crippen molar-refractivity contribution in [3.8, 4) is 0 Å². The maximum Gasteiger partial charge on any atom is 2.00 e. The van der Waals surface area contributed by atoms with Gasteiger partial charge in [-0.05, 0) is 0 Å². The zero-order valence-corrected chi connectivity index (χ0v) is 7.81. The van der Waals surface area contributed by atoms with Gasteiger partial charge in [0.1, 0.15) is 0 Å². The molecule has 0 rings (SSSR count). The van der Waals surface area contributed by atoms with Crippen molar-refractivity contribution in [3.05, 3.63) is 0 Å². The third-order valence-corrected chi connectivity index (χ3v) is 0. The summed E-state index contributed by atoms with van der Waals surface area (Å²) in [5.41, 5.74) is 0. The SMILES string of the molecule is [F-].[O-][Si](O)(O)O.[Sr+2]. The van der Waals surface area contributed by atoms with Gasteiger partial charge in [-0.15, -0.1) is 0 Å². The number of rotatable bonds is 0. The van der Waals surface area contributed by atoms with Gasteiger partial charge in [-0.2, -0.15) is 0 Å². The van der Waals surface area contributed by atoms with Crippen molar-refractivity contribution in [1.29, 1.82) is 0 Å². The van der Waals surface area contributed by atoms with E-state index in [1.807, 2.05) is 0 Å². The van der Waals surface area contributed by atoms with Crippen molar-refractivity contribution in [2.24, 2.45) is 0 Å². The minimum Gasteiger partial charge on any atom is -1.00 e. The van der Waals surface area contributed by atoms with Gasteiger partial charge in [0.05, 0.1) is 0 Å². The molecule has 0 unspecified atom stereocenters. The second kappa shape index (κ2) is 5.60. The molecule has 0 saturated heterocycles. The van der Waals surface area contributed by atoms with Gasteiger partial charge in [-0.25, -0.2) is 0 Å². The fraction of sp³-hybridized carbons (Fsp3) is 0. The first kappa shape index (κ1) is 15.8. The van der Waals surface area contributed by atoms with E-state index in [0.29, 0.717) is 0 Å². The third kappa shape index (κ3) is 104. The quantitative estimate of drug-likeness (QED) is 0.341. The molecule has 7 heteroatoms. The van der Waals surface area contributed by atoms with Crippen LogP contribution in [0.2, 0.25) is 0 Å². The van der Waals surface area contributed by atoms with Gasteiger partial charge < -0.3 is 23.9 Å². The maximum atomic E-state index is 8.91. The van der Waals surface area contributed by atoms with Crippen molar-refractivity contribution in [2.75, 3.05) is 0 Å². The Morgan fingerprint density at radius 1 is 1.14 bits per heavy atom. The van der Waals surface area contributed by atoms with Gasteiger partial charge in [0, 0.05) is 0 Å². The molecule has 0 aromatic carbocycles. The largest absolute Gasteiger partial charge is 2.00 e. The molecule has 40 valence electrons. The van der Waals surface area contributed by atoms with E-state index >= 15 is 0 Å². The Balaban J connectivity index is -0.0000000800. The normalized spacial score (nSPS) is 8.57. The van der Waals surface area contributed by atoms with Crippen LogP contribution in [0.5, 0.6) is 0 Å². The summed E-state index contributed by atoms with van der Waals surface area (Å²) < 4.78 is 0. The molecule has 0 bridgehead atoms. The molecule has 0 heterocycles. The van der Waals surface area contributed by atoms with Gasteiger partial charge >= 0.3 is 54.5 Å². The maximum absolute atomic E-state index is 8.91. The molecule has 0 amide bonds. The van der Waals surface area contributed by atoms with Crippen LogP contribution in [-0.2, 0) is 0 Å². The zero-order chi connectivity index (χ0) is 4.50. The molecule has 0 radical (unpaired) electrons. The fourth-order valence-corrected chi connectivity index (χ4v) is 0. The minimum absolute atomic E-state index is 0. The van der Waals surface area contributed by atoms with E-state index in [1.165, 1.54) is 0 Å². The number of hydrogen-bond donors (Lipinski definition) is 3. The predicted molar refractivity (Wildman–Crippen MR) is 18.2 cm³/mol. The third-order valence-electron chi connectivity index (χ3n) is 0. The molecule has 3 N–H and O–H groups in total. The molecule has 0 atom stereocenters. The van der Waals surface area contributed by atoms with Crippen molar-refractivity contribution >= 4 is 54.5 Å². The summed E-state index contributed by atoms with van der Waals surface area (Å²) in [7, 11) is -4.86. The average molecular weight is 202 g/mol. The molecule has 0 fully saturated rings. The van der Waals surface area contributed by atoms with E-state index in [0.717, 1.165) is 0 Å². The van der Waals surface area contributed by atoms with Gasteiger partial charge in [-0.3, -0.25) is 0 Å². The Morgan fingerprint density at radius 3 is 1.14 bits per heavy atom. The second-order valence-corrected chi connectivity index (χ2v) is 1.72. The molecule has 7 heavy (non-hydrogen) atoms. The van der Waals surface area contributed by atoms with Gasteiger partial charge in [-0.1, -0.05) is 0 Å². The number of hydrogen-bond acceptors (Lipinski definition) is 4. The summed E-state index contributed by atoms with van der Waals surface area (Å²) in [4.78, 5) is 30.6. The standard InChI is InChI=1S/FH.H3O4Si.Sr/c;1-5(2,3)4;/h1H;1-3H;/q;-1;+2/p-1. The summed E-state index contributed by atoms with van der Waals surface area (Å²) in [6.07, 6.45) is 0. The Morgan fingerprint density at radius 2 is 1.14 bits per heavy atom. The van der Waals surface area contributed by atoms with Crippen LogP contribution in [0.25, 0.3) is 0 Å².